The molecule has 7 heteroatoms. The number of aliphatic hydroxyl groups is 2. The molecule has 5 aliphatic rings. The van der Waals surface area contributed by atoms with E-state index in [4.69, 9.17) is 0 Å². The van der Waals surface area contributed by atoms with E-state index in [9.17, 15) is 19.8 Å². The Hall–Kier alpha value is -2.19. The smallest absolute Gasteiger partial charge is 0.178 e. The van der Waals surface area contributed by atoms with Gasteiger partial charge in [-0.1, -0.05) is 42.8 Å². The van der Waals surface area contributed by atoms with Gasteiger partial charge in [0.25, 0.3) is 0 Å². The van der Waals surface area contributed by atoms with Gasteiger partial charge in [0, 0.05) is 16.7 Å². The number of carbonyl (C=O) groups is 2. The summed E-state index contributed by atoms with van der Waals surface area (Å²) in [6.07, 6.45) is 6.77. The number of allylic oxidation sites excluding steroid dienone is 4. The molecule has 0 aromatic heterocycles. The summed E-state index contributed by atoms with van der Waals surface area (Å²) in [5.41, 5.74) is -1.22. The van der Waals surface area contributed by atoms with Gasteiger partial charge in [-0.2, -0.15) is 0 Å². The van der Waals surface area contributed by atoms with Crippen molar-refractivity contribution in [3.63, 3.8) is 0 Å². The lowest BCUT2D eigenvalue weighted by Gasteiger charge is -2.63. The summed E-state index contributed by atoms with van der Waals surface area (Å²) < 4.78 is 17.4. The van der Waals surface area contributed by atoms with Crippen LogP contribution in [0.15, 0.2) is 48.1 Å². The SMILES string of the molecule is C[C@]12C=CC(=O)C=C1CC[C@H]1[C@@H]3C[C@H]4Cc5ccccc5C[C@@]4(C(=O)CO)[C@@]3(C)C[C@H](O)[C@@]12F.O.O. The molecule has 6 nitrogen and oxygen atoms in total. The van der Waals surface area contributed by atoms with Gasteiger partial charge in [0.05, 0.1) is 6.10 Å². The van der Waals surface area contributed by atoms with Crippen LogP contribution in [0.2, 0.25) is 0 Å². The van der Waals surface area contributed by atoms with E-state index >= 15 is 4.39 Å². The molecule has 0 bridgehead atoms. The molecule has 0 radical (unpaired) electrons. The lowest BCUT2D eigenvalue weighted by molar-refractivity contribution is -0.207. The molecule has 0 saturated heterocycles. The molecule has 3 fully saturated rings. The van der Waals surface area contributed by atoms with Gasteiger partial charge in [-0.05, 0) is 86.0 Å². The molecular formula is C29H37FO6. The first-order valence-electron chi connectivity index (χ1n) is 12.6. The lowest BCUT2D eigenvalue weighted by atomic mass is 9.42. The van der Waals surface area contributed by atoms with Crippen LogP contribution in [0.3, 0.4) is 0 Å². The first-order valence-corrected chi connectivity index (χ1v) is 12.6. The van der Waals surface area contributed by atoms with Gasteiger partial charge in [-0.15, -0.1) is 0 Å². The van der Waals surface area contributed by atoms with Crippen LogP contribution in [0, 0.1) is 34.0 Å². The fourth-order valence-corrected chi connectivity index (χ4v) is 9.37. The molecule has 0 spiro atoms. The molecular weight excluding hydrogens is 463 g/mol. The van der Waals surface area contributed by atoms with Crippen LogP contribution in [0.5, 0.6) is 0 Å². The fraction of sp³-hybridized carbons (Fsp3) is 0.586. The minimum atomic E-state index is -1.90. The summed E-state index contributed by atoms with van der Waals surface area (Å²) in [5, 5.41) is 21.7. The van der Waals surface area contributed by atoms with E-state index in [-0.39, 0.29) is 40.8 Å². The minimum absolute atomic E-state index is 0. The zero-order chi connectivity index (χ0) is 24.1. The van der Waals surface area contributed by atoms with Crippen LogP contribution in [0.1, 0.15) is 50.7 Å². The summed E-state index contributed by atoms with van der Waals surface area (Å²) in [5.74, 6) is -0.776. The van der Waals surface area contributed by atoms with Crippen LogP contribution in [0.25, 0.3) is 0 Å². The fourth-order valence-electron chi connectivity index (χ4n) is 9.37. The third-order valence-corrected chi connectivity index (χ3v) is 11.0. The lowest BCUT2D eigenvalue weighted by Crippen LogP contribution is -2.68. The topological polar surface area (TPSA) is 138 Å². The number of Topliss-reactive ketones (excluding diaryl/α,β-unsaturated/α-hetero) is 1. The third kappa shape index (κ3) is 2.91. The number of benzene rings is 1. The van der Waals surface area contributed by atoms with Crippen molar-refractivity contribution in [1.82, 2.24) is 0 Å². The van der Waals surface area contributed by atoms with E-state index in [1.54, 1.807) is 12.2 Å². The highest BCUT2D eigenvalue weighted by Gasteiger charge is 2.76. The number of aliphatic hydroxyl groups excluding tert-OH is 2. The van der Waals surface area contributed by atoms with Crippen molar-refractivity contribution < 1.29 is 35.1 Å². The summed E-state index contributed by atoms with van der Waals surface area (Å²) >= 11 is 0. The molecule has 3 saturated carbocycles. The van der Waals surface area contributed by atoms with Gasteiger partial charge in [0.2, 0.25) is 0 Å². The van der Waals surface area contributed by atoms with Crippen LogP contribution in [-0.4, -0.2) is 51.1 Å². The van der Waals surface area contributed by atoms with Crippen LogP contribution in [0.4, 0.5) is 4.39 Å². The number of ketones is 2. The normalized spacial score (nSPS) is 43.9. The number of rotatable bonds is 2. The Morgan fingerprint density at radius 2 is 1.83 bits per heavy atom. The number of carbonyl (C=O) groups excluding carboxylic acids is 2. The highest BCUT2D eigenvalue weighted by Crippen LogP contribution is 2.74. The van der Waals surface area contributed by atoms with Crippen molar-refractivity contribution >= 4 is 11.6 Å². The molecule has 0 heterocycles. The Kier molecular flexibility index (Phi) is 6.28. The van der Waals surface area contributed by atoms with Crippen molar-refractivity contribution in [2.75, 3.05) is 6.61 Å². The average molecular weight is 501 g/mol. The summed E-state index contributed by atoms with van der Waals surface area (Å²) in [7, 11) is 0. The molecule has 0 unspecified atom stereocenters. The van der Waals surface area contributed by atoms with E-state index in [0.29, 0.717) is 19.3 Å². The zero-order valence-corrected chi connectivity index (χ0v) is 20.9. The van der Waals surface area contributed by atoms with Crippen molar-refractivity contribution in [2.24, 2.45) is 34.0 Å². The predicted molar refractivity (Wildman–Crippen MR) is 133 cm³/mol. The van der Waals surface area contributed by atoms with Crippen LogP contribution in [-0.2, 0) is 22.4 Å². The van der Waals surface area contributed by atoms with Crippen molar-refractivity contribution in [3.05, 3.63) is 59.2 Å². The second-order valence-corrected chi connectivity index (χ2v) is 11.9. The Balaban J connectivity index is 0.00000152. The summed E-state index contributed by atoms with van der Waals surface area (Å²) in [4.78, 5) is 25.7. The summed E-state index contributed by atoms with van der Waals surface area (Å²) in [6, 6.07) is 8.19. The molecule has 1 aromatic rings. The maximum absolute atomic E-state index is 17.4. The predicted octanol–water partition coefficient (Wildman–Crippen LogP) is 2.28. The van der Waals surface area contributed by atoms with Crippen LogP contribution >= 0.6 is 0 Å². The maximum atomic E-state index is 17.4. The molecule has 196 valence electrons. The Morgan fingerprint density at radius 1 is 1.14 bits per heavy atom. The van der Waals surface area contributed by atoms with Gasteiger partial charge in [-0.3, -0.25) is 9.59 Å². The second kappa shape index (κ2) is 8.42. The molecule has 8 atom stereocenters. The Morgan fingerprint density at radius 3 is 2.53 bits per heavy atom. The van der Waals surface area contributed by atoms with Gasteiger partial charge >= 0.3 is 0 Å². The number of fused-ring (bicyclic) bond motifs is 8. The number of hydrogen-bond acceptors (Lipinski definition) is 4. The molecule has 6 rings (SSSR count). The van der Waals surface area contributed by atoms with Crippen molar-refractivity contribution in [1.29, 1.82) is 0 Å². The summed E-state index contributed by atoms with van der Waals surface area (Å²) in [6.45, 7) is 3.38. The van der Waals surface area contributed by atoms with Crippen molar-refractivity contribution in [3.8, 4) is 0 Å². The highest BCUT2D eigenvalue weighted by atomic mass is 19.1. The molecule has 5 aliphatic carbocycles. The van der Waals surface area contributed by atoms with Gasteiger partial charge < -0.3 is 21.2 Å². The Labute approximate surface area is 210 Å². The molecule has 0 aliphatic heterocycles. The first-order chi connectivity index (χ1) is 16.1. The van der Waals surface area contributed by atoms with E-state index in [2.05, 4.69) is 19.1 Å². The second-order valence-electron chi connectivity index (χ2n) is 11.9. The molecule has 36 heavy (non-hydrogen) atoms. The van der Waals surface area contributed by atoms with E-state index < -0.39 is 40.5 Å². The first kappa shape index (κ1) is 26.9. The molecule has 0 amide bonds. The zero-order valence-electron chi connectivity index (χ0n) is 20.9. The number of hydrogen-bond donors (Lipinski definition) is 2. The van der Waals surface area contributed by atoms with E-state index in [1.165, 1.54) is 11.6 Å². The van der Waals surface area contributed by atoms with Crippen LogP contribution < -0.4 is 0 Å². The number of alkyl halides is 1. The third-order valence-electron chi connectivity index (χ3n) is 11.0. The van der Waals surface area contributed by atoms with Gasteiger partial charge in [0.15, 0.2) is 17.2 Å². The van der Waals surface area contributed by atoms with E-state index in [1.807, 2.05) is 19.1 Å². The van der Waals surface area contributed by atoms with Gasteiger partial charge in [0.1, 0.15) is 6.61 Å². The largest absolute Gasteiger partial charge is 0.412 e. The van der Waals surface area contributed by atoms with Gasteiger partial charge in [-0.25, -0.2) is 4.39 Å². The minimum Gasteiger partial charge on any atom is -0.412 e. The highest BCUT2D eigenvalue weighted by molar-refractivity contribution is 6.01. The average Bonchev–Trinajstić information content (AvgIpc) is 3.07. The Bertz CT molecular complexity index is 1160. The number of halogens is 1. The van der Waals surface area contributed by atoms with Crippen molar-refractivity contribution in [2.45, 2.75) is 64.1 Å². The quantitative estimate of drug-likeness (QED) is 0.643. The molecule has 6 N–H and O–H groups in total. The monoisotopic (exact) mass is 500 g/mol. The molecule has 1 aromatic carbocycles. The van der Waals surface area contributed by atoms with E-state index in [0.717, 1.165) is 24.0 Å². The standard InChI is InChI=1S/C29H33FO4.2H2O/c1-26-10-9-21(32)12-19(26)7-8-22-23-13-20-11-17-5-3-4-6-18(17)14-28(20,25(34)16-31)27(23,2)15-24(33)29(22,26)30;;/h3-6,9-10,12,20,22-24,31,33H,7-8,11,13-16H2,1-2H3;2*1H2/t20-,22+,23+,24+,26+,27+,28-,29+;;/m1../s1. The maximum Gasteiger partial charge on any atom is 0.178 e.